The lowest BCUT2D eigenvalue weighted by Crippen LogP contribution is -2.11. The van der Waals surface area contributed by atoms with E-state index in [1.165, 1.54) is 22.3 Å². The van der Waals surface area contributed by atoms with Crippen molar-refractivity contribution in [3.8, 4) is 11.1 Å². The lowest BCUT2D eigenvalue weighted by molar-refractivity contribution is 0.590. The van der Waals surface area contributed by atoms with Crippen LogP contribution in [0.15, 0.2) is 119 Å². The zero-order valence-corrected chi connectivity index (χ0v) is 21.8. The summed E-state index contributed by atoms with van der Waals surface area (Å²) in [6.45, 7) is 12.7. The van der Waals surface area contributed by atoms with Crippen molar-refractivity contribution in [1.29, 1.82) is 0 Å². The van der Waals surface area contributed by atoms with Crippen LogP contribution in [0.25, 0.3) is 11.1 Å². The van der Waals surface area contributed by atoms with E-state index in [4.69, 9.17) is 0 Å². The van der Waals surface area contributed by atoms with Crippen LogP contribution in [0.3, 0.4) is 0 Å². The molecular weight excluding hydrogens is 424 g/mol. The summed E-state index contributed by atoms with van der Waals surface area (Å²) in [6.07, 6.45) is 0. The van der Waals surface area contributed by atoms with Crippen molar-refractivity contribution in [3.05, 3.63) is 131 Å². The predicted molar refractivity (Wildman–Crippen MR) is 153 cm³/mol. The molecule has 2 heteroatoms. The first kappa shape index (κ1) is 25.8. The second-order valence-corrected chi connectivity index (χ2v) is 9.80. The molecule has 0 fully saturated rings. The molecule has 4 rings (SSSR count). The van der Waals surface area contributed by atoms with Crippen molar-refractivity contribution in [2.45, 2.75) is 47.0 Å². The zero-order valence-electron chi connectivity index (χ0n) is 21.8. The first-order chi connectivity index (χ1) is 16.7. The molecule has 0 saturated carbocycles. The lowest BCUT2D eigenvalue weighted by Gasteiger charge is -2.19. The molecule has 4 aromatic rings. The summed E-state index contributed by atoms with van der Waals surface area (Å²) < 4.78 is 0. The van der Waals surface area contributed by atoms with Gasteiger partial charge in [-0.05, 0) is 54.0 Å². The first-order valence-electron chi connectivity index (χ1n) is 12.1. The molecule has 0 unspecified atom stereocenters. The number of benzene rings is 4. The normalized spacial score (nSPS) is 12.1. The predicted octanol–water partition coefficient (Wildman–Crippen LogP) is 8.88. The summed E-state index contributed by atoms with van der Waals surface area (Å²) in [5, 5.41) is 8.90. The molecule has 0 aromatic heterocycles. The van der Waals surface area contributed by atoms with Crippen molar-refractivity contribution < 1.29 is 0 Å². The Morgan fingerprint density at radius 3 is 1.31 bits per heavy atom. The van der Waals surface area contributed by atoms with Crippen LogP contribution in [-0.4, -0.2) is 11.4 Å². The molecule has 2 nitrogen and oxygen atoms in total. The quantitative estimate of drug-likeness (QED) is 0.215. The third kappa shape index (κ3) is 7.89. The number of nitrogens with zero attached hydrogens (tertiary/aromatic N) is 2. The van der Waals surface area contributed by atoms with Gasteiger partial charge in [0.2, 0.25) is 0 Å². The van der Waals surface area contributed by atoms with Gasteiger partial charge in [-0.25, -0.2) is 0 Å². The highest BCUT2D eigenvalue weighted by Crippen LogP contribution is 2.22. The first-order valence-corrected chi connectivity index (χ1v) is 12.1. The Bertz CT molecular complexity index is 1240. The van der Waals surface area contributed by atoms with Crippen molar-refractivity contribution >= 4 is 11.4 Å². The van der Waals surface area contributed by atoms with Gasteiger partial charge in [0, 0.05) is 0 Å². The molecule has 0 amide bonds. The van der Waals surface area contributed by atoms with Gasteiger partial charge < -0.3 is 0 Å². The van der Waals surface area contributed by atoms with E-state index in [0.717, 1.165) is 22.6 Å². The van der Waals surface area contributed by atoms with E-state index in [2.05, 4.69) is 123 Å². The summed E-state index contributed by atoms with van der Waals surface area (Å²) in [6, 6.07) is 37.7. The third-order valence-corrected chi connectivity index (χ3v) is 5.87. The van der Waals surface area contributed by atoms with Gasteiger partial charge in [-0.2, -0.15) is 10.2 Å². The van der Waals surface area contributed by atoms with Crippen molar-refractivity contribution in [3.63, 3.8) is 0 Å². The monoisotopic (exact) mass is 460 g/mol. The fourth-order valence-corrected chi connectivity index (χ4v) is 3.55. The Labute approximate surface area is 211 Å². The Balaban J connectivity index is 0.000000420. The summed E-state index contributed by atoms with van der Waals surface area (Å²) in [7, 11) is 0. The molecule has 0 radical (unpaired) electrons. The molecule has 0 spiro atoms. The minimum atomic E-state index is 0.157. The average Bonchev–Trinajstić information content (AvgIpc) is 2.88. The molecule has 35 heavy (non-hydrogen) atoms. The van der Waals surface area contributed by atoms with E-state index in [1.807, 2.05) is 38.1 Å². The van der Waals surface area contributed by atoms with E-state index in [0.29, 0.717) is 0 Å². The molecule has 0 aliphatic rings. The molecule has 4 aromatic carbocycles. The lowest BCUT2D eigenvalue weighted by atomic mass is 9.86. The van der Waals surface area contributed by atoms with Gasteiger partial charge in [-0.3, -0.25) is 0 Å². The molecule has 0 heterocycles. The highest BCUT2D eigenvalue weighted by atomic mass is 15.2. The van der Waals surface area contributed by atoms with Gasteiger partial charge in [0.25, 0.3) is 0 Å². The van der Waals surface area contributed by atoms with Crippen LogP contribution in [0.2, 0.25) is 0 Å². The summed E-state index contributed by atoms with van der Waals surface area (Å²) >= 11 is 0. The van der Waals surface area contributed by atoms with Crippen molar-refractivity contribution in [2.24, 2.45) is 10.2 Å². The molecule has 0 N–H and O–H groups in total. The Kier molecular flexibility index (Phi) is 8.92. The van der Waals surface area contributed by atoms with Gasteiger partial charge in [0.15, 0.2) is 0 Å². The fraction of sp³-hybridized carbons (Fsp3) is 0.212. The molecular formula is C33H36N2. The number of hydrogen-bond acceptors (Lipinski definition) is 2. The van der Waals surface area contributed by atoms with E-state index in [9.17, 15) is 0 Å². The van der Waals surface area contributed by atoms with E-state index in [1.54, 1.807) is 0 Å². The SMILES string of the molecule is C/C(=N\N=C(/C)c1ccc(C(C)(C)C)cc1)c1ccc(-c2ccccc2)cc1.Cc1ccccc1. The second-order valence-electron chi connectivity index (χ2n) is 9.80. The standard InChI is InChI=1S/C26H28N2.C7H8/c1-19(21-11-13-24(14-12-21)23-9-7-6-8-10-23)27-28-20(2)22-15-17-25(18-16-22)26(3,4)5;1-7-5-3-2-4-6-7/h6-18H,1-5H3;2-6H,1H3/b27-19+,28-20+;. The second kappa shape index (κ2) is 12.1. The maximum Gasteiger partial charge on any atom is 0.0671 e. The minimum Gasteiger partial charge on any atom is -0.155 e. The van der Waals surface area contributed by atoms with Crippen LogP contribution in [0, 0.1) is 6.92 Å². The van der Waals surface area contributed by atoms with E-state index in [-0.39, 0.29) is 5.41 Å². The van der Waals surface area contributed by atoms with Crippen LogP contribution >= 0.6 is 0 Å². The third-order valence-electron chi connectivity index (χ3n) is 5.87. The molecule has 178 valence electrons. The van der Waals surface area contributed by atoms with Crippen LogP contribution in [0.4, 0.5) is 0 Å². The van der Waals surface area contributed by atoms with Crippen LogP contribution in [-0.2, 0) is 5.41 Å². The van der Waals surface area contributed by atoms with Gasteiger partial charge in [0.05, 0.1) is 11.4 Å². The maximum atomic E-state index is 4.45. The summed E-state index contributed by atoms with van der Waals surface area (Å²) in [5.74, 6) is 0. The average molecular weight is 461 g/mol. The molecule has 0 atom stereocenters. The van der Waals surface area contributed by atoms with E-state index < -0.39 is 0 Å². The maximum absolute atomic E-state index is 4.45. The number of aryl methyl sites for hydroxylation is 1. The summed E-state index contributed by atoms with van der Waals surface area (Å²) in [4.78, 5) is 0. The van der Waals surface area contributed by atoms with Gasteiger partial charge in [0.1, 0.15) is 0 Å². The molecule has 0 bridgehead atoms. The Hall–Kier alpha value is -3.78. The largest absolute Gasteiger partial charge is 0.155 e. The van der Waals surface area contributed by atoms with Crippen LogP contribution < -0.4 is 0 Å². The van der Waals surface area contributed by atoms with Crippen molar-refractivity contribution in [2.75, 3.05) is 0 Å². The highest BCUT2D eigenvalue weighted by Gasteiger charge is 2.13. The van der Waals surface area contributed by atoms with E-state index >= 15 is 0 Å². The van der Waals surface area contributed by atoms with Crippen LogP contribution in [0.1, 0.15) is 56.9 Å². The van der Waals surface area contributed by atoms with Crippen molar-refractivity contribution in [1.82, 2.24) is 0 Å². The highest BCUT2D eigenvalue weighted by molar-refractivity contribution is 6.02. The molecule has 0 saturated heterocycles. The van der Waals surface area contributed by atoms with Crippen LogP contribution in [0.5, 0.6) is 0 Å². The number of hydrogen-bond donors (Lipinski definition) is 0. The smallest absolute Gasteiger partial charge is 0.0671 e. The number of rotatable bonds is 4. The Morgan fingerprint density at radius 2 is 0.914 bits per heavy atom. The van der Waals surface area contributed by atoms with Gasteiger partial charge in [-0.15, -0.1) is 0 Å². The minimum absolute atomic E-state index is 0.157. The zero-order chi connectivity index (χ0) is 25.3. The Morgan fingerprint density at radius 1 is 0.514 bits per heavy atom. The topological polar surface area (TPSA) is 24.7 Å². The van der Waals surface area contributed by atoms with Gasteiger partial charge >= 0.3 is 0 Å². The molecule has 0 aliphatic heterocycles. The van der Waals surface area contributed by atoms with Gasteiger partial charge in [-0.1, -0.05) is 136 Å². The molecule has 0 aliphatic carbocycles. The fourth-order valence-electron chi connectivity index (χ4n) is 3.55. The summed E-state index contributed by atoms with van der Waals surface area (Å²) in [5.41, 5.74) is 9.23.